The molecule has 4 rings (SSSR count). The number of nitrogens with zero attached hydrogens (tertiary/aromatic N) is 4. The molecular weight excluding hydrogens is 412 g/mol. The summed E-state index contributed by atoms with van der Waals surface area (Å²) >= 11 is 0. The van der Waals surface area contributed by atoms with Crippen LogP contribution in [0.25, 0.3) is 11.0 Å². The Morgan fingerprint density at radius 2 is 1.72 bits per heavy atom. The summed E-state index contributed by atoms with van der Waals surface area (Å²) in [4.78, 5) is 55.7. The minimum Gasteiger partial charge on any atom is -0.370 e. The highest BCUT2D eigenvalue weighted by Gasteiger charge is 2.19. The fourth-order valence-corrected chi connectivity index (χ4v) is 3.98. The molecule has 1 aliphatic rings. The SMILES string of the molecule is Cn1c(=O)c2cc(C(=O)Nc3cc(C(N)=O)ccc3N3CCCCC3)cnc2n(C)c1=O. The molecule has 166 valence electrons. The highest BCUT2D eigenvalue weighted by molar-refractivity contribution is 6.08. The van der Waals surface area contributed by atoms with Gasteiger partial charge in [0.25, 0.3) is 11.5 Å². The zero-order valence-corrected chi connectivity index (χ0v) is 17.9. The number of hydrogen-bond donors (Lipinski definition) is 2. The van der Waals surface area contributed by atoms with Crippen LogP contribution < -0.4 is 27.2 Å². The molecule has 10 nitrogen and oxygen atoms in total. The Balaban J connectivity index is 1.74. The van der Waals surface area contributed by atoms with Crippen LogP contribution in [0.2, 0.25) is 0 Å². The molecule has 0 bridgehead atoms. The van der Waals surface area contributed by atoms with E-state index in [2.05, 4.69) is 15.2 Å². The summed E-state index contributed by atoms with van der Waals surface area (Å²) in [5, 5.41) is 3.00. The molecule has 2 aromatic heterocycles. The van der Waals surface area contributed by atoms with Crippen molar-refractivity contribution in [2.45, 2.75) is 19.3 Å². The number of pyridine rings is 1. The Hall–Kier alpha value is -3.95. The summed E-state index contributed by atoms with van der Waals surface area (Å²) in [7, 11) is 2.88. The van der Waals surface area contributed by atoms with Crippen molar-refractivity contribution >= 4 is 34.2 Å². The molecule has 1 aliphatic heterocycles. The highest BCUT2D eigenvalue weighted by Crippen LogP contribution is 2.30. The van der Waals surface area contributed by atoms with E-state index in [9.17, 15) is 19.2 Å². The molecule has 1 saturated heterocycles. The van der Waals surface area contributed by atoms with Crippen LogP contribution in [-0.4, -0.2) is 39.0 Å². The van der Waals surface area contributed by atoms with Crippen molar-refractivity contribution in [3.05, 3.63) is 62.4 Å². The predicted octanol–water partition coefficient (Wildman–Crippen LogP) is 0.974. The van der Waals surface area contributed by atoms with Gasteiger partial charge in [-0.25, -0.2) is 9.78 Å². The maximum absolute atomic E-state index is 13.1. The predicted molar refractivity (Wildman–Crippen MR) is 121 cm³/mol. The topological polar surface area (TPSA) is 132 Å². The summed E-state index contributed by atoms with van der Waals surface area (Å²) in [6.07, 6.45) is 4.55. The van der Waals surface area contributed by atoms with Crippen LogP contribution in [0.5, 0.6) is 0 Å². The van der Waals surface area contributed by atoms with Gasteiger partial charge in [-0.1, -0.05) is 0 Å². The Labute approximate surface area is 183 Å². The Kier molecular flexibility index (Phi) is 5.52. The lowest BCUT2D eigenvalue weighted by Gasteiger charge is -2.30. The van der Waals surface area contributed by atoms with E-state index in [0.29, 0.717) is 5.69 Å². The monoisotopic (exact) mass is 436 g/mol. The van der Waals surface area contributed by atoms with Gasteiger partial charge in [0.2, 0.25) is 5.91 Å². The van der Waals surface area contributed by atoms with E-state index in [1.807, 2.05) is 0 Å². The van der Waals surface area contributed by atoms with Crippen LogP contribution in [0.4, 0.5) is 11.4 Å². The molecule has 3 heterocycles. The van der Waals surface area contributed by atoms with Gasteiger partial charge in [0, 0.05) is 38.9 Å². The molecule has 2 amide bonds. The lowest BCUT2D eigenvalue weighted by molar-refractivity contribution is 0.0996. The second-order valence-corrected chi connectivity index (χ2v) is 7.90. The van der Waals surface area contributed by atoms with Gasteiger partial charge in [-0.2, -0.15) is 0 Å². The zero-order valence-electron chi connectivity index (χ0n) is 17.9. The molecule has 10 heteroatoms. The van der Waals surface area contributed by atoms with Gasteiger partial charge in [-0.05, 0) is 43.5 Å². The number of aromatic nitrogens is 3. The number of rotatable bonds is 4. The molecule has 32 heavy (non-hydrogen) atoms. The third-order valence-electron chi connectivity index (χ3n) is 5.78. The minimum atomic E-state index is -0.595. The average molecular weight is 436 g/mol. The zero-order chi connectivity index (χ0) is 23.0. The number of amides is 2. The minimum absolute atomic E-state index is 0.155. The molecule has 3 aromatic rings. The van der Waals surface area contributed by atoms with E-state index in [4.69, 9.17) is 5.73 Å². The number of benzene rings is 1. The van der Waals surface area contributed by atoms with E-state index in [0.717, 1.165) is 42.6 Å². The van der Waals surface area contributed by atoms with E-state index < -0.39 is 23.1 Å². The second-order valence-electron chi connectivity index (χ2n) is 7.90. The summed E-state index contributed by atoms with van der Waals surface area (Å²) in [5.41, 5.74) is 6.29. The van der Waals surface area contributed by atoms with Gasteiger partial charge < -0.3 is 16.0 Å². The Morgan fingerprint density at radius 1 is 1.00 bits per heavy atom. The molecule has 1 fully saturated rings. The molecule has 1 aromatic carbocycles. The van der Waals surface area contributed by atoms with Gasteiger partial charge in [0.1, 0.15) is 5.65 Å². The second kappa shape index (κ2) is 8.29. The smallest absolute Gasteiger partial charge is 0.332 e. The average Bonchev–Trinajstić information content (AvgIpc) is 2.81. The normalized spacial score (nSPS) is 13.9. The van der Waals surface area contributed by atoms with Crippen molar-refractivity contribution in [3.63, 3.8) is 0 Å². The largest absolute Gasteiger partial charge is 0.370 e. The summed E-state index contributed by atoms with van der Waals surface area (Å²) in [5.74, 6) is -1.09. The standard InChI is InChI=1S/C22H24N6O4/c1-26-19-15(21(31)27(2)22(26)32)10-14(12-24-19)20(30)25-16-11-13(18(23)29)6-7-17(16)28-8-4-3-5-9-28/h6-7,10-12H,3-5,8-9H2,1-2H3,(H2,23,29)(H,25,30). The van der Waals surface area contributed by atoms with E-state index in [1.54, 1.807) is 18.2 Å². The van der Waals surface area contributed by atoms with Crippen LogP contribution >= 0.6 is 0 Å². The van der Waals surface area contributed by atoms with E-state index in [1.165, 1.54) is 30.9 Å². The number of hydrogen-bond acceptors (Lipinski definition) is 6. The first kappa shape index (κ1) is 21.3. The molecule has 0 atom stereocenters. The van der Waals surface area contributed by atoms with Crippen molar-refractivity contribution in [2.75, 3.05) is 23.3 Å². The lowest BCUT2D eigenvalue weighted by Crippen LogP contribution is -2.37. The molecule has 0 radical (unpaired) electrons. The molecular formula is C22H24N6O4. The lowest BCUT2D eigenvalue weighted by atomic mass is 10.1. The maximum atomic E-state index is 13.1. The van der Waals surface area contributed by atoms with Crippen LogP contribution in [-0.2, 0) is 14.1 Å². The van der Waals surface area contributed by atoms with Crippen molar-refractivity contribution in [3.8, 4) is 0 Å². The quantitative estimate of drug-likeness (QED) is 0.626. The third-order valence-corrected chi connectivity index (χ3v) is 5.78. The fraction of sp³-hybridized carbons (Fsp3) is 0.318. The van der Waals surface area contributed by atoms with E-state index >= 15 is 0 Å². The number of aryl methyl sites for hydroxylation is 1. The first-order valence-electron chi connectivity index (χ1n) is 10.3. The number of primary amides is 1. The van der Waals surface area contributed by atoms with Crippen molar-refractivity contribution in [1.29, 1.82) is 0 Å². The van der Waals surface area contributed by atoms with Crippen LogP contribution in [0.3, 0.4) is 0 Å². The van der Waals surface area contributed by atoms with Crippen molar-refractivity contribution in [2.24, 2.45) is 19.8 Å². The van der Waals surface area contributed by atoms with Gasteiger partial charge in [-0.15, -0.1) is 0 Å². The number of carbonyl (C=O) groups excluding carboxylic acids is 2. The number of nitrogens with one attached hydrogen (secondary N) is 1. The van der Waals surface area contributed by atoms with Crippen molar-refractivity contribution < 1.29 is 9.59 Å². The number of fused-ring (bicyclic) bond motifs is 1. The van der Waals surface area contributed by atoms with Gasteiger partial charge >= 0.3 is 5.69 Å². The Morgan fingerprint density at radius 3 is 2.41 bits per heavy atom. The Bertz CT molecular complexity index is 1350. The molecule has 0 unspecified atom stereocenters. The number of anilines is 2. The van der Waals surface area contributed by atoms with Gasteiger partial charge in [0.15, 0.2) is 0 Å². The number of nitrogens with two attached hydrogens (primary N) is 1. The molecule has 0 spiro atoms. The molecule has 0 aliphatic carbocycles. The first-order valence-corrected chi connectivity index (χ1v) is 10.3. The third kappa shape index (κ3) is 3.75. The molecule has 3 N–H and O–H groups in total. The number of piperidine rings is 1. The number of carbonyl (C=O) groups is 2. The van der Waals surface area contributed by atoms with Gasteiger partial charge in [0.05, 0.1) is 22.3 Å². The van der Waals surface area contributed by atoms with Crippen LogP contribution in [0.15, 0.2) is 40.1 Å². The molecule has 0 saturated carbocycles. The van der Waals surface area contributed by atoms with Crippen LogP contribution in [0.1, 0.15) is 40.0 Å². The van der Waals surface area contributed by atoms with Crippen molar-refractivity contribution in [1.82, 2.24) is 14.1 Å². The van der Waals surface area contributed by atoms with Gasteiger partial charge in [-0.3, -0.25) is 23.5 Å². The first-order chi connectivity index (χ1) is 15.3. The highest BCUT2D eigenvalue weighted by atomic mass is 16.2. The van der Waals surface area contributed by atoms with Crippen LogP contribution in [0, 0.1) is 0 Å². The van der Waals surface area contributed by atoms with E-state index in [-0.39, 0.29) is 22.2 Å². The summed E-state index contributed by atoms with van der Waals surface area (Å²) in [6, 6.07) is 6.40. The summed E-state index contributed by atoms with van der Waals surface area (Å²) in [6.45, 7) is 1.70. The fourth-order valence-electron chi connectivity index (χ4n) is 3.98. The maximum Gasteiger partial charge on any atom is 0.332 e. The summed E-state index contributed by atoms with van der Waals surface area (Å²) < 4.78 is 2.22.